The zero-order valence-electron chi connectivity index (χ0n) is 11.9. The molecule has 1 fully saturated rings. The molecule has 0 bridgehead atoms. The van der Waals surface area contributed by atoms with Gasteiger partial charge in [-0.15, -0.1) is 0 Å². The van der Waals surface area contributed by atoms with Crippen molar-refractivity contribution in [1.82, 2.24) is 10.6 Å². The Balaban J connectivity index is 2.72. The molecule has 0 aromatic carbocycles. The zero-order valence-corrected chi connectivity index (χ0v) is 11.9. The summed E-state index contributed by atoms with van der Waals surface area (Å²) in [5.74, 6) is 0.260. The van der Waals surface area contributed by atoms with E-state index in [4.69, 9.17) is 0 Å². The van der Waals surface area contributed by atoms with Gasteiger partial charge in [0, 0.05) is 12.1 Å². The quantitative estimate of drug-likeness (QED) is 0.749. The molecule has 3 nitrogen and oxygen atoms in total. The van der Waals surface area contributed by atoms with Crippen molar-refractivity contribution >= 4 is 5.91 Å². The van der Waals surface area contributed by atoms with Crippen LogP contribution in [0.15, 0.2) is 0 Å². The van der Waals surface area contributed by atoms with E-state index in [1.165, 1.54) is 0 Å². The molecule has 1 unspecified atom stereocenters. The molecule has 0 saturated carbocycles. The molecular weight excluding hydrogens is 212 g/mol. The number of hydrogen-bond acceptors (Lipinski definition) is 2. The number of nitrogens with one attached hydrogen (secondary N) is 2. The molecule has 0 radical (unpaired) electrons. The summed E-state index contributed by atoms with van der Waals surface area (Å²) >= 11 is 0. The largest absolute Gasteiger partial charge is 0.350 e. The van der Waals surface area contributed by atoms with Gasteiger partial charge in [-0.3, -0.25) is 4.79 Å². The van der Waals surface area contributed by atoms with Crippen molar-refractivity contribution in [3.05, 3.63) is 0 Å². The molecule has 1 heterocycles. The van der Waals surface area contributed by atoms with Crippen molar-refractivity contribution in [1.29, 1.82) is 0 Å². The highest BCUT2D eigenvalue weighted by atomic mass is 16.2. The van der Waals surface area contributed by atoms with E-state index in [0.717, 1.165) is 45.2 Å². The highest BCUT2D eigenvalue weighted by Gasteiger charge is 2.42. The second kappa shape index (κ2) is 5.85. The summed E-state index contributed by atoms with van der Waals surface area (Å²) in [5, 5.41) is 6.62. The van der Waals surface area contributed by atoms with E-state index in [1.54, 1.807) is 0 Å². The molecule has 2 N–H and O–H groups in total. The third-order valence-electron chi connectivity index (χ3n) is 4.43. The molecule has 1 amide bonds. The van der Waals surface area contributed by atoms with E-state index in [-0.39, 0.29) is 16.9 Å². The van der Waals surface area contributed by atoms with E-state index in [1.807, 2.05) is 0 Å². The van der Waals surface area contributed by atoms with Gasteiger partial charge < -0.3 is 10.6 Å². The lowest BCUT2D eigenvalue weighted by molar-refractivity contribution is -0.132. The molecular formula is C14H28N2O. The van der Waals surface area contributed by atoms with E-state index in [0.29, 0.717) is 0 Å². The van der Waals surface area contributed by atoms with Crippen LogP contribution in [0.2, 0.25) is 0 Å². The maximum Gasteiger partial charge on any atom is 0.227 e. The van der Waals surface area contributed by atoms with Crippen molar-refractivity contribution in [2.75, 3.05) is 13.1 Å². The molecule has 17 heavy (non-hydrogen) atoms. The highest BCUT2D eigenvalue weighted by molar-refractivity contribution is 5.84. The molecule has 1 atom stereocenters. The minimum atomic E-state index is -0.152. The van der Waals surface area contributed by atoms with Crippen LogP contribution in [0.4, 0.5) is 0 Å². The van der Waals surface area contributed by atoms with Crippen LogP contribution < -0.4 is 10.6 Å². The summed E-state index contributed by atoms with van der Waals surface area (Å²) in [6, 6.07) is 0. The van der Waals surface area contributed by atoms with Crippen LogP contribution >= 0.6 is 0 Å². The maximum absolute atomic E-state index is 12.5. The monoisotopic (exact) mass is 240 g/mol. The van der Waals surface area contributed by atoms with Gasteiger partial charge in [0.15, 0.2) is 0 Å². The predicted octanol–water partition coefficient (Wildman–Crippen LogP) is 2.46. The Bertz CT molecular complexity index is 253. The molecule has 1 rings (SSSR count). The van der Waals surface area contributed by atoms with Gasteiger partial charge in [0.25, 0.3) is 0 Å². The van der Waals surface area contributed by atoms with Gasteiger partial charge in [-0.05, 0) is 39.2 Å². The third kappa shape index (κ3) is 3.21. The van der Waals surface area contributed by atoms with Gasteiger partial charge in [0.2, 0.25) is 5.91 Å². The second-order valence-electron chi connectivity index (χ2n) is 5.68. The van der Waals surface area contributed by atoms with Crippen molar-refractivity contribution in [2.45, 2.75) is 65.3 Å². The topological polar surface area (TPSA) is 41.1 Å². The van der Waals surface area contributed by atoms with Gasteiger partial charge in [-0.25, -0.2) is 0 Å². The predicted molar refractivity (Wildman–Crippen MR) is 72.0 cm³/mol. The summed E-state index contributed by atoms with van der Waals surface area (Å²) < 4.78 is 0. The summed E-state index contributed by atoms with van der Waals surface area (Å²) in [4.78, 5) is 12.5. The zero-order chi connectivity index (χ0) is 12.9. The van der Waals surface area contributed by atoms with Gasteiger partial charge in [0.1, 0.15) is 0 Å². The Kier molecular flexibility index (Phi) is 4.99. The molecule has 1 aliphatic rings. The first-order chi connectivity index (χ1) is 8.02. The van der Waals surface area contributed by atoms with Crippen molar-refractivity contribution in [3.63, 3.8) is 0 Å². The molecule has 0 spiro atoms. The Labute approximate surface area is 106 Å². The Hall–Kier alpha value is -0.570. The Morgan fingerprint density at radius 1 is 1.35 bits per heavy atom. The molecule has 3 heteroatoms. The van der Waals surface area contributed by atoms with Gasteiger partial charge in [-0.2, -0.15) is 0 Å². The number of hydrogen-bond donors (Lipinski definition) is 2. The standard InChI is InChI=1S/C14H28N2O/c1-5-8-14(9-10-15-11-14)12(17)16-13(4,6-2)7-3/h15H,5-11H2,1-4H3,(H,16,17). The average molecular weight is 240 g/mol. The van der Waals surface area contributed by atoms with Crippen LogP contribution in [0.25, 0.3) is 0 Å². The van der Waals surface area contributed by atoms with Gasteiger partial charge in [-0.1, -0.05) is 27.2 Å². The summed E-state index contributed by atoms with van der Waals surface area (Å²) in [6.07, 6.45) is 5.03. The third-order valence-corrected chi connectivity index (χ3v) is 4.43. The highest BCUT2D eigenvalue weighted by Crippen LogP contribution is 2.32. The number of rotatable bonds is 6. The fourth-order valence-corrected chi connectivity index (χ4v) is 2.58. The van der Waals surface area contributed by atoms with Gasteiger partial charge in [0.05, 0.1) is 5.41 Å². The number of amides is 1. The fraction of sp³-hybridized carbons (Fsp3) is 0.929. The normalized spacial score (nSPS) is 24.9. The molecule has 1 aliphatic heterocycles. The molecule has 0 aromatic rings. The molecule has 0 aromatic heterocycles. The smallest absolute Gasteiger partial charge is 0.227 e. The first kappa shape index (κ1) is 14.5. The van der Waals surface area contributed by atoms with Crippen molar-refractivity contribution in [3.8, 4) is 0 Å². The maximum atomic E-state index is 12.5. The summed E-state index contributed by atoms with van der Waals surface area (Å²) in [7, 11) is 0. The van der Waals surface area contributed by atoms with Crippen LogP contribution in [0.1, 0.15) is 59.8 Å². The minimum absolute atomic E-state index is 0.0413. The Morgan fingerprint density at radius 3 is 2.41 bits per heavy atom. The van der Waals surface area contributed by atoms with E-state index in [2.05, 4.69) is 38.3 Å². The lowest BCUT2D eigenvalue weighted by atomic mass is 9.80. The lowest BCUT2D eigenvalue weighted by Crippen LogP contribution is -2.52. The van der Waals surface area contributed by atoms with Crippen LogP contribution in [-0.4, -0.2) is 24.5 Å². The fourth-order valence-electron chi connectivity index (χ4n) is 2.58. The van der Waals surface area contributed by atoms with Gasteiger partial charge >= 0.3 is 0 Å². The summed E-state index contributed by atoms with van der Waals surface area (Å²) in [6.45, 7) is 10.4. The molecule has 1 saturated heterocycles. The minimum Gasteiger partial charge on any atom is -0.350 e. The van der Waals surface area contributed by atoms with Crippen LogP contribution in [0.3, 0.4) is 0 Å². The molecule has 100 valence electrons. The SMILES string of the molecule is CCCC1(C(=O)NC(C)(CC)CC)CCNC1. The van der Waals surface area contributed by atoms with Crippen LogP contribution in [0.5, 0.6) is 0 Å². The van der Waals surface area contributed by atoms with Crippen molar-refractivity contribution in [2.24, 2.45) is 5.41 Å². The van der Waals surface area contributed by atoms with E-state index >= 15 is 0 Å². The van der Waals surface area contributed by atoms with E-state index < -0.39 is 0 Å². The van der Waals surface area contributed by atoms with Crippen molar-refractivity contribution < 1.29 is 4.79 Å². The molecule has 0 aliphatic carbocycles. The number of carbonyl (C=O) groups excluding carboxylic acids is 1. The van der Waals surface area contributed by atoms with Crippen LogP contribution in [-0.2, 0) is 4.79 Å². The first-order valence-corrected chi connectivity index (χ1v) is 7.05. The summed E-state index contributed by atoms with van der Waals surface area (Å²) in [5.41, 5.74) is -0.194. The number of carbonyl (C=O) groups is 1. The first-order valence-electron chi connectivity index (χ1n) is 7.05. The average Bonchev–Trinajstić information content (AvgIpc) is 2.79. The Morgan fingerprint density at radius 2 is 2.00 bits per heavy atom. The second-order valence-corrected chi connectivity index (χ2v) is 5.68. The van der Waals surface area contributed by atoms with E-state index in [9.17, 15) is 4.79 Å². The van der Waals surface area contributed by atoms with Crippen LogP contribution in [0, 0.1) is 5.41 Å². The lowest BCUT2D eigenvalue weighted by Gasteiger charge is -2.34.